The minimum absolute atomic E-state index is 0.673. The summed E-state index contributed by atoms with van der Waals surface area (Å²) >= 11 is 5.88. The second-order valence-corrected chi connectivity index (χ2v) is 4.70. The minimum Gasteiger partial charge on any atom is -0.497 e. The van der Waals surface area contributed by atoms with Gasteiger partial charge in [-0.3, -0.25) is 4.90 Å². The van der Waals surface area contributed by atoms with E-state index >= 15 is 0 Å². The molecule has 1 saturated heterocycles. The second kappa shape index (κ2) is 5.55. The second-order valence-electron chi connectivity index (χ2n) is 4.40. The molecule has 0 aliphatic carbocycles. The van der Waals surface area contributed by atoms with Crippen LogP contribution in [0, 0.1) is 5.92 Å². The first-order chi connectivity index (χ1) is 7.81. The number of likely N-dealkylation sites (tertiary alicyclic amines) is 1. The van der Waals surface area contributed by atoms with E-state index in [0.29, 0.717) is 5.92 Å². The number of alkyl halides is 1. The normalized spacial score (nSPS) is 21.2. The lowest BCUT2D eigenvalue weighted by Gasteiger charge is -2.15. The molecule has 2 nitrogen and oxygen atoms in total. The van der Waals surface area contributed by atoms with Gasteiger partial charge in [-0.1, -0.05) is 12.1 Å². The molecule has 1 heterocycles. The highest BCUT2D eigenvalue weighted by Crippen LogP contribution is 2.21. The summed E-state index contributed by atoms with van der Waals surface area (Å²) in [7, 11) is 1.71. The smallest absolute Gasteiger partial charge is 0.119 e. The lowest BCUT2D eigenvalue weighted by molar-refractivity contribution is 0.320. The zero-order chi connectivity index (χ0) is 11.4. The number of methoxy groups -OCH3 is 1. The van der Waals surface area contributed by atoms with Crippen LogP contribution in [0.1, 0.15) is 12.0 Å². The van der Waals surface area contributed by atoms with Gasteiger partial charge in [-0.05, 0) is 36.6 Å². The fourth-order valence-corrected chi connectivity index (χ4v) is 2.46. The predicted molar refractivity (Wildman–Crippen MR) is 67.1 cm³/mol. The third-order valence-electron chi connectivity index (χ3n) is 3.13. The number of nitrogens with zero attached hydrogens (tertiary/aromatic N) is 1. The molecule has 0 N–H and O–H groups in total. The number of hydrogen-bond donors (Lipinski definition) is 0. The third-order valence-corrected chi connectivity index (χ3v) is 3.56. The SMILES string of the molecule is COc1cccc(CN2CCC(CCl)C2)c1. The van der Waals surface area contributed by atoms with Crippen molar-refractivity contribution in [3.8, 4) is 5.75 Å². The van der Waals surface area contributed by atoms with Gasteiger partial charge in [0.05, 0.1) is 7.11 Å². The Morgan fingerprint density at radius 3 is 3.06 bits per heavy atom. The molecule has 1 aromatic carbocycles. The van der Waals surface area contributed by atoms with E-state index in [4.69, 9.17) is 16.3 Å². The lowest BCUT2D eigenvalue weighted by Crippen LogP contribution is -2.20. The summed E-state index contributed by atoms with van der Waals surface area (Å²) in [5, 5.41) is 0. The van der Waals surface area contributed by atoms with Gasteiger partial charge < -0.3 is 4.74 Å². The Morgan fingerprint density at radius 1 is 1.50 bits per heavy atom. The molecule has 1 aliphatic heterocycles. The Labute approximate surface area is 102 Å². The molecule has 1 aliphatic rings. The third kappa shape index (κ3) is 2.89. The van der Waals surface area contributed by atoms with Gasteiger partial charge in [0.15, 0.2) is 0 Å². The fraction of sp³-hybridized carbons (Fsp3) is 0.538. The van der Waals surface area contributed by atoms with Gasteiger partial charge in [0.2, 0.25) is 0 Å². The predicted octanol–water partition coefficient (Wildman–Crippen LogP) is 2.76. The maximum atomic E-state index is 5.88. The van der Waals surface area contributed by atoms with E-state index in [9.17, 15) is 0 Å². The minimum atomic E-state index is 0.673. The number of rotatable bonds is 4. The van der Waals surface area contributed by atoms with Crippen LogP contribution in [-0.2, 0) is 6.54 Å². The van der Waals surface area contributed by atoms with Gasteiger partial charge in [0.1, 0.15) is 5.75 Å². The molecular formula is C13H18ClNO. The standard InChI is InChI=1S/C13H18ClNO/c1-16-13-4-2-3-11(7-13)9-15-6-5-12(8-14)10-15/h2-4,7,12H,5-6,8-10H2,1H3. The van der Waals surface area contributed by atoms with Gasteiger partial charge in [-0.2, -0.15) is 0 Å². The van der Waals surface area contributed by atoms with Crippen LogP contribution in [0.4, 0.5) is 0 Å². The van der Waals surface area contributed by atoms with E-state index in [1.165, 1.54) is 12.0 Å². The van der Waals surface area contributed by atoms with Crippen LogP contribution in [-0.4, -0.2) is 31.0 Å². The molecule has 16 heavy (non-hydrogen) atoms. The lowest BCUT2D eigenvalue weighted by atomic mass is 10.2. The quantitative estimate of drug-likeness (QED) is 0.750. The molecule has 1 fully saturated rings. The molecular weight excluding hydrogens is 222 g/mol. The Bertz CT molecular complexity index is 342. The number of halogens is 1. The van der Waals surface area contributed by atoms with Crippen LogP contribution in [0.25, 0.3) is 0 Å². The summed E-state index contributed by atoms with van der Waals surface area (Å²) in [6.45, 7) is 3.29. The first-order valence-electron chi connectivity index (χ1n) is 5.73. The van der Waals surface area contributed by atoms with Crippen molar-refractivity contribution in [3.05, 3.63) is 29.8 Å². The van der Waals surface area contributed by atoms with Gasteiger partial charge in [-0.15, -0.1) is 11.6 Å². The summed E-state index contributed by atoms with van der Waals surface area (Å²) in [5.41, 5.74) is 1.31. The maximum absolute atomic E-state index is 5.88. The number of hydrogen-bond acceptors (Lipinski definition) is 2. The van der Waals surface area contributed by atoms with Crippen molar-refractivity contribution in [1.82, 2.24) is 4.90 Å². The number of benzene rings is 1. The Kier molecular flexibility index (Phi) is 4.08. The summed E-state index contributed by atoms with van der Waals surface area (Å²) in [5.74, 6) is 2.40. The highest BCUT2D eigenvalue weighted by molar-refractivity contribution is 6.18. The van der Waals surface area contributed by atoms with Crippen LogP contribution >= 0.6 is 11.6 Å². The summed E-state index contributed by atoms with van der Waals surface area (Å²) in [6, 6.07) is 8.28. The van der Waals surface area contributed by atoms with Gasteiger partial charge in [0, 0.05) is 19.0 Å². The molecule has 0 spiro atoms. The van der Waals surface area contributed by atoms with Gasteiger partial charge in [0.25, 0.3) is 0 Å². The zero-order valence-electron chi connectivity index (χ0n) is 9.66. The average Bonchev–Trinajstić information content (AvgIpc) is 2.77. The monoisotopic (exact) mass is 239 g/mol. The Hall–Kier alpha value is -0.730. The van der Waals surface area contributed by atoms with Crippen LogP contribution in [0.15, 0.2) is 24.3 Å². The first-order valence-corrected chi connectivity index (χ1v) is 6.26. The van der Waals surface area contributed by atoms with Gasteiger partial charge >= 0.3 is 0 Å². The fourth-order valence-electron chi connectivity index (χ4n) is 2.21. The molecule has 0 aromatic heterocycles. The molecule has 0 amide bonds. The molecule has 0 bridgehead atoms. The van der Waals surface area contributed by atoms with Crippen LogP contribution < -0.4 is 4.74 Å². The topological polar surface area (TPSA) is 12.5 Å². The molecule has 3 heteroatoms. The molecule has 1 unspecified atom stereocenters. The Balaban J connectivity index is 1.94. The molecule has 2 rings (SSSR count). The first kappa shape index (κ1) is 11.7. The van der Waals surface area contributed by atoms with E-state index in [1.807, 2.05) is 12.1 Å². The van der Waals surface area contributed by atoms with E-state index in [2.05, 4.69) is 17.0 Å². The van der Waals surface area contributed by atoms with Crippen molar-refractivity contribution in [1.29, 1.82) is 0 Å². The summed E-state index contributed by atoms with van der Waals surface area (Å²) < 4.78 is 5.22. The van der Waals surface area contributed by atoms with Crippen molar-refractivity contribution in [2.75, 3.05) is 26.1 Å². The highest BCUT2D eigenvalue weighted by atomic mass is 35.5. The number of ether oxygens (including phenoxy) is 1. The van der Waals surface area contributed by atoms with E-state index < -0.39 is 0 Å². The van der Waals surface area contributed by atoms with Crippen LogP contribution in [0.2, 0.25) is 0 Å². The van der Waals surface area contributed by atoms with Crippen molar-refractivity contribution in [2.24, 2.45) is 5.92 Å². The van der Waals surface area contributed by atoms with Crippen LogP contribution in [0.3, 0.4) is 0 Å². The zero-order valence-corrected chi connectivity index (χ0v) is 10.4. The van der Waals surface area contributed by atoms with Crippen molar-refractivity contribution >= 4 is 11.6 Å². The van der Waals surface area contributed by atoms with E-state index in [0.717, 1.165) is 31.3 Å². The molecule has 1 atom stereocenters. The van der Waals surface area contributed by atoms with Crippen molar-refractivity contribution in [2.45, 2.75) is 13.0 Å². The molecule has 88 valence electrons. The Morgan fingerprint density at radius 2 is 2.38 bits per heavy atom. The van der Waals surface area contributed by atoms with E-state index in [-0.39, 0.29) is 0 Å². The molecule has 0 radical (unpaired) electrons. The highest BCUT2D eigenvalue weighted by Gasteiger charge is 2.21. The summed E-state index contributed by atoms with van der Waals surface area (Å²) in [6.07, 6.45) is 1.23. The largest absolute Gasteiger partial charge is 0.497 e. The van der Waals surface area contributed by atoms with Crippen molar-refractivity contribution < 1.29 is 4.74 Å². The molecule has 0 saturated carbocycles. The molecule has 1 aromatic rings. The maximum Gasteiger partial charge on any atom is 0.119 e. The average molecular weight is 240 g/mol. The van der Waals surface area contributed by atoms with Crippen LogP contribution in [0.5, 0.6) is 5.75 Å². The van der Waals surface area contributed by atoms with Crippen molar-refractivity contribution in [3.63, 3.8) is 0 Å². The summed E-state index contributed by atoms with van der Waals surface area (Å²) in [4.78, 5) is 2.46. The van der Waals surface area contributed by atoms with E-state index in [1.54, 1.807) is 7.11 Å². The van der Waals surface area contributed by atoms with Gasteiger partial charge in [-0.25, -0.2) is 0 Å².